The number of ketones is 1. The summed E-state index contributed by atoms with van der Waals surface area (Å²) < 4.78 is 0. The molecule has 17 heavy (non-hydrogen) atoms. The normalized spacial score (nSPS) is 10.9. The third-order valence-corrected chi connectivity index (χ3v) is 2.39. The first-order valence-electron chi connectivity index (χ1n) is 5.73. The second kappa shape index (κ2) is 6.68. The summed E-state index contributed by atoms with van der Waals surface area (Å²) in [6.45, 7) is 2.08. The van der Waals surface area contributed by atoms with Crippen LogP contribution in [0.2, 0.25) is 0 Å². The Morgan fingerprint density at radius 3 is 2.88 bits per heavy atom. The van der Waals surface area contributed by atoms with E-state index in [0.29, 0.717) is 6.42 Å². The van der Waals surface area contributed by atoms with E-state index in [1.165, 1.54) is 24.4 Å². The summed E-state index contributed by atoms with van der Waals surface area (Å²) in [6.07, 6.45) is 7.67. The number of aromatic hydroxyl groups is 2. The highest BCUT2D eigenvalue weighted by atomic mass is 16.3. The average Bonchev–Trinajstić information content (AvgIpc) is 2.31. The second-order valence-electron chi connectivity index (χ2n) is 3.82. The zero-order valence-corrected chi connectivity index (χ0v) is 9.89. The van der Waals surface area contributed by atoms with Gasteiger partial charge in [0, 0.05) is 18.7 Å². The van der Waals surface area contributed by atoms with Gasteiger partial charge in [-0.2, -0.15) is 0 Å². The Balaban J connectivity index is 2.58. The molecule has 2 N–H and O–H groups in total. The van der Waals surface area contributed by atoms with E-state index in [4.69, 9.17) is 0 Å². The van der Waals surface area contributed by atoms with Gasteiger partial charge in [-0.25, -0.2) is 0 Å². The van der Waals surface area contributed by atoms with Crippen LogP contribution in [0, 0.1) is 0 Å². The molecule has 0 aliphatic carbocycles. The first-order chi connectivity index (χ1) is 8.15. The molecular formula is C13H17NO3. The molecule has 0 saturated carbocycles. The Morgan fingerprint density at radius 1 is 1.41 bits per heavy atom. The number of unbranched alkanes of at least 4 members (excludes halogenated alkanes) is 2. The molecule has 4 nitrogen and oxygen atoms in total. The van der Waals surface area contributed by atoms with Crippen molar-refractivity contribution in [2.75, 3.05) is 0 Å². The smallest absolute Gasteiger partial charge is 0.183 e. The van der Waals surface area contributed by atoms with Gasteiger partial charge in [-0.15, -0.1) is 0 Å². The summed E-state index contributed by atoms with van der Waals surface area (Å²) in [5.41, 5.74) is 0.203. The van der Waals surface area contributed by atoms with E-state index in [1.807, 2.05) is 0 Å². The molecular weight excluding hydrogens is 218 g/mol. The van der Waals surface area contributed by atoms with Gasteiger partial charge in [0.15, 0.2) is 17.3 Å². The molecule has 0 aliphatic heterocycles. The standard InChI is InChI=1S/C13H17NO3/c1-2-3-4-5-10(15)6-7-11-13(17)12(16)8-9-14-11/h6-9,17H,2-5H2,1H3,(H,14,16). The lowest BCUT2D eigenvalue weighted by Gasteiger charge is -1.99. The summed E-state index contributed by atoms with van der Waals surface area (Å²) in [6, 6.07) is 1.29. The van der Waals surface area contributed by atoms with Gasteiger partial charge in [-0.1, -0.05) is 19.8 Å². The van der Waals surface area contributed by atoms with Crippen LogP contribution in [0.4, 0.5) is 0 Å². The number of carbonyl (C=O) groups is 1. The van der Waals surface area contributed by atoms with Gasteiger partial charge in [0.1, 0.15) is 5.69 Å². The maximum atomic E-state index is 11.4. The van der Waals surface area contributed by atoms with Gasteiger partial charge in [0.25, 0.3) is 0 Å². The lowest BCUT2D eigenvalue weighted by atomic mass is 10.1. The first kappa shape index (κ1) is 13.2. The van der Waals surface area contributed by atoms with E-state index >= 15 is 0 Å². The van der Waals surface area contributed by atoms with Crippen LogP contribution < -0.4 is 0 Å². The number of carbonyl (C=O) groups excluding carboxylic acids is 1. The van der Waals surface area contributed by atoms with Crippen LogP contribution in [0.5, 0.6) is 11.5 Å². The molecule has 0 fully saturated rings. The second-order valence-corrected chi connectivity index (χ2v) is 3.82. The van der Waals surface area contributed by atoms with Crippen molar-refractivity contribution < 1.29 is 15.0 Å². The number of aromatic nitrogens is 1. The lowest BCUT2D eigenvalue weighted by Crippen LogP contribution is -1.92. The van der Waals surface area contributed by atoms with Gasteiger partial charge in [0.05, 0.1) is 0 Å². The van der Waals surface area contributed by atoms with Crippen molar-refractivity contribution in [2.24, 2.45) is 0 Å². The van der Waals surface area contributed by atoms with E-state index in [-0.39, 0.29) is 23.0 Å². The molecule has 0 aromatic carbocycles. The molecule has 1 rings (SSSR count). The van der Waals surface area contributed by atoms with Gasteiger partial charge in [0.2, 0.25) is 0 Å². The molecule has 0 atom stereocenters. The summed E-state index contributed by atoms with van der Waals surface area (Å²) in [4.78, 5) is 15.3. The predicted molar refractivity (Wildman–Crippen MR) is 65.7 cm³/mol. The third kappa shape index (κ3) is 4.26. The van der Waals surface area contributed by atoms with Gasteiger partial charge >= 0.3 is 0 Å². The Hall–Kier alpha value is -1.84. The number of hydrogen-bond donors (Lipinski definition) is 2. The van der Waals surface area contributed by atoms with E-state index in [2.05, 4.69) is 11.9 Å². The minimum absolute atomic E-state index is 0.00277. The molecule has 0 saturated heterocycles. The van der Waals surface area contributed by atoms with Crippen LogP contribution in [0.1, 0.15) is 38.3 Å². The fraction of sp³-hybridized carbons (Fsp3) is 0.385. The van der Waals surface area contributed by atoms with Gasteiger partial charge < -0.3 is 10.2 Å². The Morgan fingerprint density at radius 2 is 2.18 bits per heavy atom. The minimum Gasteiger partial charge on any atom is -0.504 e. The number of pyridine rings is 1. The molecule has 0 spiro atoms. The Labute approximate surface area is 101 Å². The Bertz CT molecular complexity index is 413. The topological polar surface area (TPSA) is 70.4 Å². The largest absolute Gasteiger partial charge is 0.504 e. The molecule has 1 heterocycles. The highest BCUT2D eigenvalue weighted by molar-refractivity contribution is 5.93. The predicted octanol–water partition coefficient (Wildman–Crippen LogP) is 2.66. The lowest BCUT2D eigenvalue weighted by molar-refractivity contribution is -0.114. The van der Waals surface area contributed by atoms with Crippen molar-refractivity contribution in [3.8, 4) is 11.5 Å². The molecule has 1 aromatic heterocycles. The monoisotopic (exact) mass is 235 g/mol. The average molecular weight is 235 g/mol. The number of allylic oxidation sites excluding steroid dienone is 1. The van der Waals surface area contributed by atoms with Crippen molar-refractivity contribution in [3.63, 3.8) is 0 Å². The SMILES string of the molecule is CCCCCC(=O)C=Cc1nccc(O)c1O. The van der Waals surface area contributed by atoms with Crippen LogP contribution in [-0.2, 0) is 4.79 Å². The van der Waals surface area contributed by atoms with E-state index < -0.39 is 0 Å². The molecule has 1 aromatic rings. The Kier molecular flexibility index (Phi) is 5.20. The highest BCUT2D eigenvalue weighted by Gasteiger charge is 2.04. The molecule has 0 aliphatic rings. The molecule has 0 radical (unpaired) electrons. The van der Waals surface area contributed by atoms with Gasteiger partial charge in [-0.05, 0) is 18.6 Å². The summed E-state index contributed by atoms with van der Waals surface area (Å²) in [7, 11) is 0. The number of hydrogen-bond acceptors (Lipinski definition) is 4. The molecule has 0 amide bonds. The van der Waals surface area contributed by atoms with E-state index in [0.717, 1.165) is 19.3 Å². The van der Waals surface area contributed by atoms with Crippen molar-refractivity contribution >= 4 is 11.9 Å². The molecule has 4 heteroatoms. The number of nitrogens with zero attached hydrogens (tertiary/aromatic N) is 1. The van der Waals surface area contributed by atoms with Crippen LogP contribution in [-0.4, -0.2) is 21.0 Å². The molecule has 92 valence electrons. The van der Waals surface area contributed by atoms with Gasteiger partial charge in [-0.3, -0.25) is 9.78 Å². The van der Waals surface area contributed by atoms with Crippen LogP contribution >= 0.6 is 0 Å². The highest BCUT2D eigenvalue weighted by Crippen LogP contribution is 2.26. The van der Waals surface area contributed by atoms with Crippen molar-refractivity contribution in [1.82, 2.24) is 4.98 Å². The minimum atomic E-state index is -0.301. The summed E-state index contributed by atoms with van der Waals surface area (Å²) >= 11 is 0. The van der Waals surface area contributed by atoms with Crippen molar-refractivity contribution in [1.29, 1.82) is 0 Å². The zero-order valence-electron chi connectivity index (χ0n) is 9.89. The van der Waals surface area contributed by atoms with Crippen LogP contribution in [0.3, 0.4) is 0 Å². The zero-order chi connectivity index (χ0) is 12.7. The van der Waals surface area contributed by atoms with E-state index in [9.17, 15) is 15.0 Å². The fourth-order valence-corrected chi connectivity index (χ4v) is 1.39. The fourth-order valence-electron chi connectivity index (χ4n) is 1.39. The van der Waals surface area contributed by atoms with Crippen LogP contribution in [0.15, 0.2) is 18.3 Å². The third-order valence-electron chi connectivity index (χ3n) is 2.39. The van der Waals surface area contributed by atoms with Crippen molar-refractivity contribution in [2.45, 2.75) is 32.6 Å². The number of rotatable bonds is 6. The summed E-state index contributed by atoms with van der Waals surface area (Å²) in [5, 5.41) is 18.7. The quantitative estimate of drug-likeness (QED) is 0.587. The maximum Gasteiger partial charge on any atom is 0.183 e. The van der Waals surface area contributed by atoms with Crippen molar-refractivity contribution in [3.05, 3.63) is 24.0 Å². The maximum absolute atomic E-state index is 11.4. The van der Waals surface area contributed by atoms with E-state index in [1.54, 1.807) is 0 Å². The first-order valence-corrected chi connectivity index (χ1v) is 5.73. The van der Waals surface area contributed by atoms with Crippen LogP contribution in [0.25, 0.3) is 6.08 Å². The summed E-state index contributed by atoms with van der Waals surface area (Å²) in [5.74, 6) is -0.536. The molecule has 0 unspecified atom stereocenters. The molecule has 0 bridgehead atoms.